The molecule has 14 heavy (non-hydrogen) atoms. The Balaban J connectivity index is 2.70. The van der Waals surface area contributed by atoms with Crippen LogP contribution in [-0.4, -0.2) is 9.97 Å². The van der Waals surface area contributed by atoms with Crippen molar-refractivity contribution >= 4 is 27.0 Å². The van der Waals surface area contributed by atoms with Crippen molar-refractivity contribution in [3.63, 3.8) is 0 Å². The van der Waals surface area contributed by atoms with Crippen molar-refractivity contribution in [3.05, 3.63) is 28.5 Å². The second kappa shape index (κ2) is 2.98. The summed E-state index contributed by atoms with van der Waals surface area (Å²) in [5.74, 6) is 0. The maximum atomic E-state index is 12.3. The lowest BCUT2D eigenvalue weighted by Gasteiger charge is -2.05. The van der Waals surface area contributed by atoms with Gasteiger partial charge in [-0.1, -0.05) is 0 Å². The minimum atomic E-state index is -4.41. The highest BCUT2D eigenvalue weighted by Gasteiger charge is 2.33. The SMILES string of the molecule is FC(F)(F)c1cc(Br)c2cc[nH]c2n1. The van der Waals surface area contributed by atoms with Crippen LogP contribution in [0, 0.1) is 0 Å². The van der Waals surface area contributed by atoms with Crippen LogP contribution in [0.1, 0.15) is 5.69 Å². The quantitative estimate of drug-likeness (QED) is 0.777. The summed E-state index contributed by atoms with van der Waals surface area (Å²) in [6.45, 7) is 0. The van der Waals surface area contributed by atoms with Gasteiger partial charge in [-0.2, -0.15) is 13.2 Å². The lowest BCUT2D eigenvalue weighted by Crippen LogP contribution is -2.07. The largest absolute Gasteiger partial charge is 0.433 e. The normalized spacial score (nSPS) is 12.3. The molecule has 0 saturated carbocycles. The average molecular weight is 265 g/mol. The van der Waals surface area contributed by atoms with Crippen LogP contribution in [0.2, 0.25) is 0 Å². The molecule has 0 unspecified atom stereocenters. The van der Waals surface area contributed by atoms with E-state index in [1.54, 1.807) is 12.3 Å². The number of aromatic amines is 1. The highest BCUT2D eigenvalue weighted by atomic mass is 79.9. The highest BCUT2D eigenvalue weighted by molar-refractivity contribution is 9.10. The van der Waals surface area contributed by atoms with Crippen molar-refractivity contribution in [2.75, 3.05) is 0 Å². The highest BCUT2D eigenvalue weighted by Crippen LogP contribution is 2.32. The van der Waals surface area contributed by atoms with E-state index in [9.17, 15) is 13.2 Å². The number of fused-ring (bicyclic) bond motifs is 1. The summed E-state index contributed by atoms with van der Waals surface area (Å²) in [5.41, 5.74) is -0.675. The second-order valence-corrected chi connectivity index (χ2v) is 3.58. The van der Waals surface area contributed by atoms with Crippen LogP contribution < -0.4 is 0 Å². The molecule has 0 aliphatic carbocycles. The first-order valence-electron chi connectivity index (χ1n) is 3.69. The number of halogens is 4. The summed E-state index contributed by atoms with van der Waals surface area (Å²) in [4.78, 5) is 6.09. The van der Waals surface area contributed by atoms with Gasteiger partial charge in [-0.05, 0) is 28.1 Å². The van der Waals surface area contributed by atoms with Gasteiger partial charge in [0.05, 0.1) is 0 Å². The molecule has 0 aliphatic heterocycles. The van der Waals surface area contributed by atoms with Crippen LogP contribution in [0.15, 0.2) is 22.8 Å². The summed E-state index contributed by atoms with van der Waals surface area (Å²) in [7, 11) is 0. The van der Waals surface area contributed by atoms with Gasteiger partial charge in [0.25, 0.3) is 0 Å². The molecule has 2 aromatic rings. The number of nitrogens with zero attached hydrogens (tertiary/aromatic N) is 1. The number of rotatable bonds is 0. The standard InChI is InChI=1S/C8H4BrF3N2/c9-5-3-6(8(10,11)12)14-7-4(5)1-2-13-7/h1-3H,(H,13,14). The van der Waals surface area contributed by atoms with E-state index in [2.05, 4.69) is 25.9 Å². The van der Waals surface area contributed by atoms with Gasteiger partial charge in [0.15, 0.2) is 0 Å². The molecular formula is C8H4BrF3N2. The van der Waals surface area contributed by atoms with Gasteiger partial charge in [0.1, 0.15) is 11.3 Å². The number of nitrogens with one attached hydrogen (secondary N) is 1. The van der Waals surface area contributed by atoms with E-state index >= 15 is 0 Å². The fourth-order valence-electron chi connectivity index (χ4n) is 1.14. The zero-order chi connectivity index (χ0) is 10.3. The van der Waals surface area contributed by atoms with E-state index < -0.39 is 11.9 Å². The Hall–Kier alpha value is -1.04. The summed E-state index contributed by atoms with van der Waals surface area (Å²) >= 11 is 3.06. The molecule has 2 aromatic heterocycles. The van der Waals surface area contributed by atoms with Gasteiger partial charge in [-0.25, -0.2) is 4.98 Å². The molecule has 0 atom stereocenters. The second-order valence-electron chi connectivity index (χ2n) is 2.73. The van der Waals surface area contributed by atoms with Gasteiger partial charge in [-0.3, -0.25) is 0 Å². The molecular weight excluding hydrogens is 261 g/mol. The first kappa shape index (κ1) is 9.51. The molecule has 6 heteroatoms. The van der Waals surface area contributed by atoms with Crippen LogP contribution in [-0.2, 0) is 6.18 Å². The molecule has 0 amide bonds. The maximum Gasteiger partial charge on any atom is 0.433 e. The van der Waals surface area contributed by atoms with Crippen LogP contribution in [0.25, 0.3) is 11.0 Å². The minimum Gasteiger partial charge on any atom is -0.346 e. The van der Waals surface area contributed by atoms with E-state index in [1.165, 1.54) is 0 Å². The third kappa shape index (κ3) is 1.50. The van der Waals surface area contributed by atoms with E-state index in [1.807, 2.05) is 0 Å². The van der Waals surface area contributed by atoms with E-state index in [0.29, 0.717) is 9.86 Å². The van der Waals surface area contributed by atoms with Gasteiger partial charge < -0.3 is 4.98 Å². The predicted octanol–water partition coefficient (Wildman–Crippen LogP) is 3.34. The Morgan fingerprint density at radius 2 is 2.07 bits per heavy atom. The van der Waals surface area contributed by atoms with Crippen LogP contribution in [0.5, 0.6) is 0 Å². The average Bonchev–Trinajstić information content (AvgIpc) is 2.50. The minimum absolute atomic E-state index is 0.228. The van der Waals surface area contributed by atoms with Crippen molar-refractivity contribution in [2.45, 2.75) is 6.18 Å². The van der Waals surface area contributed by atoms with E-state index in [4.69, 9.17) is 0 Å². The number of aromatic nitrogens is 2. The van der Waals surface area contributed by atoms with Crippen molar-refractivity contribution < 1.29 is 13.2 Å². The van der Waals surface area contributed by atoms with Crippen LogP contribution in [0.4, 0.5) is 13.2 Å². The zero-order valence-electron chi connectivity index (χ0n) is 6.69. The first-order valence-corrected chi connectivity index (χ1v) is 4.48. The zero-order valence-corrected chi connectivity index (χ0v) is 8.28. The van der Waals surface area contributed by atoms with Crippen molar-refractivity contribution in [1.29, 1.82) is 0 Å². The smallest absolute Gasteiger partial charge is 0.346 e. The summed E-state index contributed by atoms with van der Waals surface area (Å²) in [6.07, 6.45) is -2.87. The predicted molar refractivity (Wildman–Crippen MR) is 48.8 cm³/mol. The molecule has 2 heterocycles. The molecule has 1 N–H and O–H groups in total. The van der Waals surface area contributed by atoms with Crippen molar-refractivity contribution in [3.8, 4) is 0 Å². The maximum absolute atomic E-state index is 12.3. The fourth-order valence-corrected chi connectivity index (χ4v) is 1.68. The van der Waals surface area contributed by atoms with Gasteiger partial charge in [0, 0.05) is 16.1 Å². The van der Waals surface area contributed by atoms with Gasteiger partial charge >= 0.3 is 6.18 Å². The monoisotopic (exact) mass is 264 g/mol. The number of hydrogen-bond donors (Lipinski definition) is 1. The molecule has 0 spiro atoms. The third-order valence-electron chi connectivity index (χ3n) is 1.77. The van der Waals surface area contributed by atoms with Crippen molar-refractivity contribution in [1.82, 2.24) is 9.97 Å². The molecule has 2 nitrogen and oxygen atoms in total. The van der Waals surface area contributed by atoms with Gasteiger partial charge in [-0.15, -0.1) is 0 Å². The Morgan fingerprint density at radius 3 is 2.71 bits per heavy atom. The lowest BCUT2D eigenvalue weighted by molar-refractivity contribution is -0.141. The topological polar surface area (TPSA) is 28.7 Å². The number of pyridine rings is 1. The first-order chi connectivity index (χ1) is 6.48. The third-order valence-corrected chi connectivity index (χ3v) is 2.42. The lowest BCUT2D eigenvalue weighted by atomic mass is 10.3. The van der Waals surface area contributed by atoms with E-state index in [-0.39, 0.29) is 5.65 Å². The summed E-state index contributed by atoms with van der Waals surface area (Å²) in [6, 6.07) is 2.63. The van der Waals surface area contributed by atoms with Gasteiger partial charge in [0.2, 0.25) is 0 Å². The number of hydrogen-bond acceptors (Lipinski definition) is 1. The van der Waals surface area contributed by atoms with Crippen molar-refractivity contribution in [2.24, 2.45) is 0 Å². The molecule has 0 saturated heterocycles. The summed E-state index contributed by atoms with van der Waals surface area (Å²) in [5, 5.41) is 0.637. The molecule has 74 valence electrons. The molecule has 0 radical (unpaired) electrons. The summed E-state index contributed by atoms with van der Waals surface area (Å²) < 4.78 is 37.3. The Bertz CT molecular complexity index is 475. The molecule has 0 aliphatic rings. The van der Waals surface area contributed by atoms with Crippen LogP contribution in [0.3, 0.4) is 0 Å². The fraction of sp³-hybridized carbons (Fsp3) is 0.125. The van der Waals surface area contributed by atoms with Crippen LogP contribution >= 0.6 is 15.9 Å². The van der Waals surface area contributed by atoms with E-state index in [0.717, 1.165) is 6.07 Å². The molecule has 2 rings (SSSR count). The number of H-pyrrole nitrogens is 1. The number of alkyl halides is 3. The molecule has 0 aromatic carbocycles. The molecule has 0 fully saturated rings. The Labute approximate surface area is 85.3 Å². The Kier molecular flexibility index (Phi) is 2.02. The molecule has 0 bridgehead atoms. The Morgan fingerprint density at radius 1 is 1.36 bits per heavy atom.